The highest BCUT2D eigenvalue weighted by Crippen LogP contribution is 2.49. The van der Waals surface area contributed by atoms with Gasteiger partial charge in [0, 0.05) is 62.5 Å². The third kappa shape index (κ3) is 8.05. The van der Waals surface area contributed by atoms with Crippen molar-refractivity contribution >= 4 is 166 Å². The molecule has 488 valence electrons. The zero-order chi connectivity index (χ0) is 68.6. The number of fused-ring (bicyclic) bond motifs is 19. The highest BCUT2D eigenvalue weighted by atomic mass is 28.3. The third-order valence-electron chi connectivity index (χ3n) is 23.3. The Labute approximate surface area is 610 Å². The summed E-state index contributed by atoms with van der Waals surface area (Å²) in [7, 11) is -6.33. The molecule has 0 radical (unpaired) electrons. The topological polar surface area (TPSA) is 46.6 Å². The van der Waals surface area contributed by atoms with Crippen molar-refractivity contribution < 1.29 is 18.9 Å². The van der Waals surface area contributed by atoms with Crippen LogP contribution in [-0.4, -0.2) is 29.6 Å². The van der Waals surface area contributed by atoms with Gasteiger partial charge in [-0.3, -0.25) is 0 Å². The van der Waals surface area contributed by atoms with Crippen LogP contribution < -0.4 is 108 Å². The molecule has 0 aromatic heterocycles. The van der Waals surface area contributed by atoms with Gasteiger partial charge in [0.25, 0.3) is 13.4 Å². The molecular weight excluding hydrogens is 1310 g/mol. The first kappa shape index (κ1) is 58.6. The summed E-state index contributed by atoms with van der Waals surface area (Å²) in [6.07, 6.45) is 0. The van der Waals surface area contributed by atoms with E-state index in [1.54, 1.807) is 0 Å². The lowest BCUT2D eigenvalue weighted by Crippen LogP contribution is -2.79. The number of nitrogens with zero attached hydrogens (tertiary/aromatic N) is 3. The largest absolute Gasteiger partial charge is 0.458 e. The van der Waals surface area contributed by atoms with Crippen LogP contribution in [0.3, 0.4) is 0 Å². The van der Waals surface area contributed by atoms with Crippen LogP contribution in [0.4, 0.5) is 51.2 Å². The van der Waals surface area contributed by atoms with Crippen LogP contribution in [0.1, 0.15) is 0 Å². The SMILES string of the molecule is c1ccc(N2c3ccccc3[Si]3(c4ccccc42)c2ccccc2N(c2ccc4c(c2)Oc2cccc5c2B4c2ccc(-c4cccc([Si]6(c7cccc8ccccc78)c7ccccc7N(c7cccc8c7Oc7cccc9c7B8c7ccccc7O9)c7ccccc76)c4)cc2O5)c2ccccc23)cc1. The number of rotatable bonds is 6. The molecule has 7 nitrogen and oxygen atoms in total. The zero-order valence-corrected chi connectivity index (χ0v) is 58.7. The summed E-state index contributed by atoms with van der Waals surface area (Å²) in [5.41, 5.74) is 18.9. The van der Waals surface area contributed by atoms with Gasteiger partial charge in [-0.2, -0.15) is 0 Å². The van der Waals surface area contributed by atoms with Gasteiger partial charge in [-0.1, -0.05) is 255 Å². The van der Waals surface area contributed by atoms with E-state index in [0.29, 0.717) is 0 Å². The number of benzene rings is 16. The highest BCUT2D eigenvalue weighted by molar-refractivity contribution is 7.23. The van der Waals surface area contributed by atoms with Gasteiger partial charge < -0.3 is 33.6 Å². The van der Waals surface area contributed by atoms with Gasteiger partial charge in [0.05, 0.1) is 5.69 Å². The molecule has 0 atom stereocenters. The molecule has 16 aromatic rings. The second-order valence-electron chi connectivity index (χ2n) is 28.4. The van der Waals surface area contributed by atoms with Crippen LogP contribution in [0.5, 0.6) is 46.0 Å². The quantitative estimate of drug-likeness (QED) is 0.154. The number of ether oxygens (including phenoxy) is 4. The molecule has 0 aliphatic carbocycles. The maximum atomic E-state index is 7.26. The van der Waals surface area contributed by atoms with E-state index >= 15 is 0 Å². The number of hydrogen-bond donors (Lipinski definition) is 0. The Morgan fingerprint density at radius 2 is 0.629 bits per heavy atom. The third-order valence-corrected chi connectivity index (χ3v) is 33.1. The van der Waals surface area contributed by atoms with Gasteiger partial charge in [-0.25, -0.2) is 0 Å². The molecule has 0 unspecified atom stereocenters. The Morgan fingerprint density at radius 1 is 0.229 bits per heavy atom. The minimum atomic E-state index is -3.33. The average Bonchev–Trinajstić information content (AvgIpc) is 0.682. The Balaban J connectivity index is 0.651. The van der Waals surface area contributed by atoms with E-state index in [0.717, 1.165) is 118 Å². The van der Waals surface area contributed by atoms with Crippen molar-refractivity contribution in [2.75, 3.05) is 14.7 Å². The fourth-order valence-electron chi connectivity index (χ4n) is 19.2. The van der Waals surface area contributed by atoms with Crippen molar-refractivity contribution in [3.05, 3.63) is 358 Å². The summed E-state index contributed by atoms with van der Waals surface area (Å²) in [6.45, 7) is -0.235. The Bertz CT molecular complexity index is 6270. The summed E-state index contributed by atoms with van der Waals surface area (Å²) in [5, 5.41) is 13.1. The van der Waals surface area contributed by atoms with Gasteiger partial charge in [-0.15, -0.1) is 0 Å². The van der Waals surface area contributed by atoms with E-state index in [4.69, 9.17) is 18.9 Å². The summed E-state index contributed by atoms with van der Waals surface area (Å²) in [4.78, 5) is 7.45. The standard InChI is InChI=1S/C94H59B2N3O4Si2/c1-2-28-63(29-3-1)97-71-34-7-16-48-88(71)105(89-49-17-8-35-72(89)97)90-50-18-9-36-73(90)98(74-37-10-19-51-91(74)105)64-54-56-69-84(59-64)102-81-44-23-43-80-92(81)95(69)68-55-53-62(58-83(68)101-80)61-27-20-30-65(57-61)104(85-52-21-26-60-25-4-5-31-66(60)85)86-46-14-11-38-75(86)99(76-39-12-15-47-87(76)104)77-40-22-33-70-94(77)103-82-45-24-42-79-93(82)96(70)67-32-6-13-41-78(67)100-79/h1-59H. The van der Waals surface area contributed by atoms with E-state index in [9.17, 15) is 0 Å². The molecule has 105 heavy (non-hydrogen) atoms. The summed E-state index contributed by atoms with van der Waals surface area (Å²) >= 11 is 0. The smallest absolute Gasteiger partial charge is 0.260 e. The lowest BCUT2D eigenvalue weighted by atomic mass is 9.35. The second kappa shape index (κ2) is 22.2. The number of anilines is 9. The first-order chi connectivity index (χ1) is 52.1. The van der Waals surface area contributed by atoms with Crippen molar-refractivity contribution in [3.8, 4) is 57.1 Å². The first-order valence-corrected chi connectivity index (χ1v) is 40.2. The summed E-state index contributed by atoms with van der Waals surface area (Å²) < 4.78 is 28.2. The maximum absolute atomic E-state index is 7.26. The predicted octanol–water partition coefficient (Wildman–Crippen LogP) is 14.1. The molecule has 23 rings (SSSR count). The number of hydrogen-bond acceptors (Lipinski definition) is 7. The predicted molar refractivity (Wildman–Crippen MR) is 437 cm³/mol. The Kier molecular flexibility index (Phi) is 12.4. The van der Waals surface area contributed by atoms with Gasteiger partial charge in [0.15, 0.2) is 16.1 Å². The molecular formula is C94H59B2N3O4Si2. The van der Waals surface area contributed by atoms with E-state index in [1.165, 1.54) is 75.0 Å². The van der Waals surface area contributed by atoms with Crippen LogP contribution in [0.2, 0.25) is 0 Å². The maximum Gasteiger partial charge on any atom is 0.260 e. The summed E-state index contributed by atoms with van der Waals surface area (Å²) in [6, 6.07) is 133. The van der Waals surface area contributed by atoms with E-state index < -0.39 is 16.1 Å². The molecule has 11 heteroatoms. The van der Waals surface area contributed by atoms with E-state index in [2.05, 4.69) is 367 Å². The van der Waals surface area contributed by atoms with Crippen LogP contribution in [0.15, 0.2) is 358 Å². The molecule has 0 saturated carbocycles. The fourth-order valence-corrected chi connectivity index (χ4v) is 30.0. The van der Waals surface area contributed by atoms with Gasteiger partial charge in [0.1, 0.15) is 46.0 Å². The van der Waals surface area contributed by atoms with E-state index in [1.807, 2.05) is 6.07 Å². The highest BCUT2D eigenvalue weighted by Gasteiger charge is 2.55. The lowest BCUT2D eigenvalue weighted by Gasteiger charge is -2.50. The van der Waals surface area contributed by atoms with E-state index in [-0.39, 0.29) is 13.4 Å². The molecule has 0 saturated heterocycles. The van der Waals surface area contributed by atoms with Crippen LogP contribution >= 0.6 is 0 Å². The van der Waals surface area contributed by atoms with Gasteiger partial charge >= 0.3 is 0 Å². The van der Waals surface area contributed by atoms with Crippen LogP contribution in [0.25, 0.3) is 21.9 Å². The van der Waals surface area contributed by atoms with Crippen molar-refractivity contribution in [2.24, 2.45) is 0 Å². The zero-order valence-electron chi connectivity index (χ0n) is 56.7. The van der Waals surface area contributed by atoms with Crippen molar-refractivity contribution in [1.82, 2.24) is 0 Å². The normalized spacial score (nSPS) is 14.6. The monoisotopic (exact) mass is 1370 g/mol. The molecule has 0 amide bonds. The molecule has 7 aliphatic heterocycles. The van der Waals surface area contributed by atoms with Crippen molar-refractivity contribution in [1.29, 1.82) is 0 Å². The number of para-hydroxylation sites is 9. The average molecular weight is 1370 g/mol. The minimum Gasteiger partial charge on any atom is -0.458 e. The molecule has 1 spiro atoms. The van der Waals surface area contributed by atoms with Gasteiger partial charge in [-0.05, 0) is 182 Å². The fraction of sp³-hybridized carbons (Fsp3) is 0. The molecule has 7 heterocycles. The Hall–Kier alpha value is -13.1. The Morgan fingerprint density at radius 3 is 1.26 bits per heavy atom. The molecule has 0 bridgehead atoms. The second-order valence-corrected chi connectivity index (χ2v) is 35.7. The van der Waals surface area contributed by atoms with Gasteiger partial charge in [0.2, 0.25) is 0 Å². The minimum absolute atomic E-state index is 0.0809. The van der Waals surface area contributed by atoms with Crippen LogP contribution in [0, 0.1) is 0 Å². The molecule has 0 fully saturated rings. The molecule has 7 aliphatic rings. The first-order valence-electron chi connectivity index (χ1n) is 36.2. The molecule has 16 aromatic carbocycles. The van der Waals surface area contributed by atoms with Crippen molar-refractivity contribution in [3.63, 3.8) is 0 Å². The lowest BCUT2D eigenvalue weighted by molar-refractivity contribution is 0.464. The van der Waals surface area contributed by atoms with Crippen LogP contribution in [-0.2, 0) is 0 Å². The van der Waals surface area contributed by atoms with Crippen molar-refractivity contribution in [2.45, 2.75) is 0 Å². The summed E-state index contributed by atoms with van der Waals surface area (Å²) in [5.74, 6) is 6.63. The molecule has 0 N–H and O–H groups in total.